The summed E-state index contributed by atoms with van der Waals surface area (Å²) in [7, 11) is -3.62. The Labute approximate surface area is 146 Å². The Morgan fingerprint density at radius 2 is 2.04 bits per heavy atom. The Hall–Kier alpha value is -2.23. The highest BCUT2D eigenvalue weighted by Crippen LogP contribution is 2.22. The van der Waals surface area contributed by atoms with Gasteiger partial charge in [0, 0.05) is 6.07 Å². The Morgan fingerprint density at radius 1 is 1.36 bits per heavy atom. The molecule has 0 aliphatic rings. The minimum absolute atomic E-state index is 0.0428. The average molecular weight is 369 g/mol. The molecule has 138 valence electrons. The molecule has 2 aromatic heterocycles. The zero-order chi connectivity index (χ0) is 18.8. The third-order valence-corrected chi connectivity index (χ3v) is 6.38. The van der Waals surface area contributed by atoms with Crippen LogP contribution in [0.25, 0.3) is 11.6 Å². The second-order valence-corrected chi connectivity index (χ2v) is 9.48. The van der Waals surface area contributed by atoms with Crippen LogP contribution >= 0.6 is 0 Å². The summed E-state index contributed by atoms with van der Waals surface area (Å²) in [5, 5.41) is 13.8. The smallest absolute Gasteiger partial charge is 0.247 e. The molecule has 2 N–H and O–H groups in total. The lowest BCUT2D eigenvalue weighted by molar-refractivity contribution is -0.117. The number of hydrogen-bond donors (Lipinski definition) is 2. The number of rotatable bonds is 7. The van der Waals surface area contributed by atoms with E-state index in [1.54, 1.807) is 13.0 Å². The van der Waals surface area contributed by atoms with Gasteiger partial charge < -0.3 is 9.51 Å². The fourth-order valence-corrected chi connectivity index (χ4v) is 3.58. The number of carbonyl (C=O) groups is 1. The number of nitrogens with one attached hydrogen (secondary N) is 2. The topological polar surface area (TPSA) is 131 Å². The molecule has 0 atom stereocenters. The van der Waals surface area contributed by atoms with Gasteiger partial charge in [-0.05, 0) is 33.1 Å². The van der Waals surface area contributed by atoms with E-state index in [0.29, 0.717) is 17.9 Å². The highest BCUT2D eigenvalue weighted by Gasteiger charge is 2.41. The van der Waals surface area contributed by atoms with Gasteiger partial charge in [-0.2, -0.15) is 0 Å². The molecular formula is C15H23N5O4S. The van der Waals surface area contributed by atoms with Crippen molar-refractivity contribution in [2.45, 2.75) is 45.8 Å². The van der Waals surface area contributed by atoms with Crippen LogP contribution in [0.1, 0.15) is 39.8 Å². The van der Waals surface area contributed by atoms with Gasteiger partial charge in [-0.15, -0.1) is 10.2 Å². The highest BCUT2D eigenvalue weighted by molar-refractivity contribution is 7.93. The first-order valence-corrected chi connectivity index (χ1v) is 9.58. The molecule has 0 unspecified atom stereocenters. The molecule has 0 aliphatic heterocycles. The maximum absolute atomic E-state index is 12.5. The number of aromatic amines is 1. The number of aromatic nitrogens is 4. The molecule has 10 heteroatoms. The standard InChI is InChI=1S/C15H23N5O4S/c1-9(2)6-7-25(22,23)15(4,5)13(21)17-14-16-12(18-19-14)11-8-10(3)20-24-11/h8-9H,6-7H2,1-5H3,(H2,16,17,18,19,21). The lowest BCUT2D eigenvalue weighted by Crippen LogP contribution is -2.46. The Morgan fingerprint density at radius 3 is 2.60 bits per heavy atom. The fraction of sp³-hybridized carbons (Fsp3) is 0.600. The third-order valence-electron chi connectivity index (χ3n) is 3.87. The molecule has 0 radical (unpaired) electrons. The van der Waals surface area contributed by atoms with Crippen LogP contribution in [0.5, 0.6) is 0 Å². The van der Waals surface area contributed by atoms with Crippen LogP contribution in [0, 0.1) is 12.8 Å². The summed E-state index contributed by atoms with van der Waals surface area (Å²) in [6.07, 6.45) is 0.496. The van der Waals surface area contributed by atoms with Crippen LogP contribution in [-0.2, 0) is 14.6 Å². The number of carbonyl (C=O) groups excluding carboxylic acids is 1. The van der Waals surface area contributed by atoms with Crippen LogP contribution in [0.2, 0.25) is 0 Å². The molecule has 2 aromatic rings. The minimum Gasteiger partial charge on any atom is -0.353 e. The zero-order valence-electron chi connectivity index (χ0n) is 15.0. The van der Waals surface area contributed by atoms with E-state index in [-0.39, 0.29) is 23.4 Å². The molecule has 0 aliphatic carbocycles. The van der Waals surface area contributed by atoms with E-state index in [1.807, 2.05) is 13.8 Å². The number of sulfone groups is 1. The molecule has 0 aromatic carbocycles. The van der Waals surface area contributed by atoms with E-state index in [0.717, 1.165) is 0 Å². The van der Waals surface area contributed by atoms with E-state index < -0.39 is 20.5 Å². The SMILES string of the molecule is Cc1cc(-c2nnc(NC(=O)C(C)(C)S(=O)(=O)CCC(C)C)[nH]2)on1. The average Bonchev–Trinajstić information content (AvgIpc) is 3.14. The Kier molecular flexibility index (Phi) is 5.31. The summed E-state index contributed by atoms with van der Waals surface area (Å²) in [6.45, 7) is 8.40. The molecular weight excluding hydrogens is 346 g/mol. The van der Waals surface area contributed by atoms with Crippen molar-refractivity contribution in [1.29, 1.82) is 0 Å². The van der Waals surface area contributed by atoms with Crippen molar-refractivity contribution >= 4 is 21.7 Å². The first-order valence-electron chi connectivity index (χ1n) is 7.93. The van der Waals surface area contributed by atoms with E-state index in [4.69, 9.17) is 4.52 Å². The van der Waals surface area contributed by atoms with Crippen molar-refractivity contribution in [3.63, 3.8) is 0 Å². The Bertz CT molecular complexity index is 851. The predicted molar refractivity (Wildman–Crippen MR) is 92.6 cm³/mol. The van der Waals surface area contributed by atoms with Gasteiger partial charge in [-0.1, -0.05) is 19.0 Å². The van der Waals surface area contributed by atoms with Crippen LogP contribution in [0.15, 0.2) is 10.6 Å². The van der Waals surface area contributed by atoms with Crippen molar-refractivity contribution in [2.24, 2.45) is 5.92 Å². The first-order chi connectivity index (χ1) is 11.5. The predicted octanol–water partition coefficient (Wildman–Crippen LogP) is 1.95. The monoisotopic (exact) mass is 369 g/mol. The molecule has 2 heterocycles. The van der Waals surface area contributed by atoms with Gasteiger partial charge in [0.2, 0.25) is 23.4 Å². The third kappa shape index (κ3) is 4.25. The van der Waals surface area contributed by atoms with Crippen LogP contribution in [-0.4, -0.2) is 45.2 Å². The summed E-state index contributed by atoms with van der Waals surface area (Å²) < 4.78 is 28.4. The van der Waals surface area contributed by atoms with E-state index >= 15 is 0 Å². The van der Waals surface area contributed by atoms with Gasteiger partial charge in [-0.3, -0.25) is 10.1 Å². The number of anilines is 1. The van der Waals surface area contributed by atoms with E-state index in [2.05, 4.69) is 25.7 Å². The summed E-state index contributed by atoms with van der Waals surface area (Å²) in [5.74, 6) is 0.208. The largest absolute Gasteiger partial charge is 0.353 e. The molecule has 0 fully saturated rings. The second kappa shape index (κ2) is 6.95. The van der Waals surface area contributed by atoms with E-state index in [9.17, 15) is 13.2 Å². The van der Waals surface area contributed by atoms with Gasteiger partial charge >= 0.3 is 0 Å². The molecule has 0 spiro atoms. The first kappa shape index (κ1) is 19.1. The van der Waals surface area contributed by atoms with Gasteiger partial charge in [0.15, 0.2) is 9.84 Å². The van der Waals surface area contributed by atoms with E-state index in [1.165, 1.54) is 13.8 Å². The highest BCUT2D eigenvalue weighted by atomic mass is 32.2. The quantitative estimate of drug-likeness (QED) is 0.762. The van der Waals surface area contributed by atoms with Crippen molar-refractivity contribution in [3.05, 3.63) is 11.8 Å². The normalized spacial score (nSPS) is 12.6. The molecule has 0 bridgehead atoms. The van der Waals surface area contributed by atoms with Crippen molar-refractivity contribution in [2.75, 3.05) is 11.1 Å². The van der Waals surface area contributed by atoms with Gasteiger partial charge in [-0.25, -0.2) is 8.42 Å². The van der Waals surface area contributed by atoms with Crippen molar-refractivity contribution in [1.82, 2.24) is 20.3 Å². The lowest BCUT2D eigenvalue weighted by Gasteiger charge is -2.23. The van der Waals surface area contributed by atoms with Gasteiger partial charge in [0.05, 0.1) is 11.4 Å². The summed E-state index contributed by atoms with van der Waals surface area (Å²) in [4.78, 5) is 15.2. The minimum atomic E-state index is -3.62. The van der Waals surface area contributed by atoms with Crippen LogP contribution < -0.4 is 5.32 Å². The maximum Gasteiger partial charge on any atom is 0.247 e. The van der Waals surface area contributed by atoms with Crippen molar-refractivity contribution < 1.29 is 17.7 Å². The maximum atomic E-state index is 12.5. The van der Waals surface area contributed by atoms with Gasteiger partial charge in [0.1, 0.15) is 4.75 Å². The number of hydrogen-bond acceptors (Lipinski definition) is 7. The molecule has 2 rings (SSSR count). The summed E-state index contributed by atoms with van der Waals surface area (Å²) >= 11 is 0. The number of amides is 1. The number of nitrogens with zero attached hydrogens (tertiary/aromatic N) is 3. The second-order valence-electron chi connectivity index (χ2n) is 6.82. The Balaban J connectivity index is 2.12. The van der Waals surface area contributed by atoms with Gasteiger partial charge in [0.25, 0.3) is 0 Å². The molecule has 0 saturated carbocycles. The molecule has 9 nitrogen and oxygen atoms in total. The molecule has 25 heavy (non-hydrogen) atoms. The fourth-order valence-electron chi connectivity index (χ4n) is 1.95. The lowest BCUT2D eigenvalue weighted by atomic mass is 10.2. The van der Waals surface area contributed by atoms with Crippen LogP contribution in [0.4, 0.5) is 5.95 Å². The molecule has 1 amide bonds. The summed E-state index contributed by atoms with van der Waals surface area (Å²) in [5.41, 5.74) is 0.675. The summed E-state index contributed by atoms with van der Waals surface area (Å²) in [6, 6.07) is 1.66. The van der Waals surface area contributed by atoms with Crippen molar-refractivity contribution in [3.8, 4) is 11.6 Å². The molecule has 0 saturated heterocycles. The number of aryl methyl sites for hydroxylation is 1. The zero-order valence-corrected chi connectivity index (χ0v) is 15.8. The number of H-pyrrole nitrogens is 1. The van der Waals surface area contributed by atoms with Crippen LogP contribution in [0.3, 0.4) is 0 Å².